The molecule has 1 unspecified atom stereocenters. The zero-order chi connectivity index (χ0) is 10.8. The van der Waals surface area contributed by atoms with Crippen LogP contribution in [0.4, 0.5) is 0 Å². The van der Waals surface area contributed by atoms with Crippen LogP contribution in [0.5, 0.6) is 5.75 Å². The van der Waals surface area contributed by atoms with Crippen LogP contribution in [0.1, 0.15) is 25.8 Å². The summed E-state index contributed by atoms with van der Waals surface area (Å²) in [6, 6.07) is 6.56. The highest BCUT2D eigenvalue weighted by Crippen LogP contribution is 2.33. The number of phenols is 1. The first kappa shape index (κ1) is 10.6. The number of carbonyl (C=O) groups is 1. The number of hydrogen-bond acceptors (Lipinski definition) is 2. The highest BCUT2D eigenvalue weighted by atomic mass is 16.4. The number of hydrogen-bond donors (Lipinski definition) is 2. The molecule has 76 valence electrons. The Morgan fingerprint density at radius 2 is 2.00 bits per heavy atom. The summed E-state index contributed by atoms with van der Waals surface area (Å²) >= 11 is 0. The Hall–Kier alpha value is -1.51. The molecule has 1 aromatic carbocycles. The molecule has 2 N–H and O–H groups in total. The third-order valence-corrected chi connectivity index (χ3v) is 2.68. The molecule has 0 spiro atoms. The van der Waals surface area contributed by atoms with E-state index in [1.54, 1.807) is 32.0 Å². The number of phenolic OH excluding ortho intramolecular Hbond substituents is 1. The standard InChI is InChI=1S/C11H14O3/c1-3-11(2,10(13)14)8-6-4-5-7-9(8)12/h4-7,12H,3H2,1-2H3,(H,13,14). The third kappa shape index (κ3) is 1.58. The molecular formula is C11H14O3. The van der Waals surface area contributed by atoms with Gasteiger partial charge in [0.05, 0.1) is 5.41 Å². The predicted molar refractivity (Wildman–Crippen MR) is 53.4 cm³/mol. The van der Waals surface area contributed by atoms with Gasteiger partial charge in [0.15, 0.2) is 0 Å². The molecule has 0 aliphatic rings. The molecule has 1 aromatic rings. The molecule has 0 fully saturated rings. The van der Waals surface area contributed by atoms with Crippen LogP contribution in [0.15, 0.2) is 24.3 Å². The molecule has 0 saturated carbocycles. The molecule has 0 radical (unpaired) electrons. The van der Waals surface area contributed by atoms with Crippen molar-refractivity contribution in [2.45, 2.75) is 25.7 Å². The number of carboxylic acid groups (broad SMARTS) is 1. The van der Waals surface area contributed by atoms with Crippen molar-refractivity contribution >= 4 is 5.97 Å². The van der Waals surface area contributed by atoms with Crippen LogP contribution in [0, 0.1) is 0 Å². The zero-order valence-electron chi connectivity index (χ0n) is 8.32. The Bertz CT molecular complexity index is 346. The van der Waals surface area contributed by atoms with Gasteiger partial charge >= 0.3 is 5.97 Å². The lowest BCUT2D eigenvalue weighted by Crippen LogP contribution is -2.31. The molecule has 14 heavy (non-hydrogen) atoms. The van der Waals surface area contributed by atoms with Crippen LogP contribution in [-0.4, -0.2) is 16.2 Å². The molecular weight excluding hydrogens is 180 g/mol. The Labute approximate surface area is 83.0 Å². The summed E-state index contributed by atoms with van der Waals surface area (Å²) in [6.07, 6.45) is 0.444. The number of benzene rings is 1. The maximum atomic E-state index is 11.1. The van der Waals surface area contributed by atoms with Gasteiger partial charge in [-0.2, -0.15) is 0 Å². The smallest absolute Gasteiger partial charge is 0.313 e. The first-order chi connectivity index (χ1) is 6.52. The van der Waals surface area contributed by atoms with Crippen molar-refractivity contribution in [1.29, 1.82) is 0 Å². The van der Waals surface area contributed by atoms with E-state index in [1.165, 1.54) is 6.07 Å². The van der Waals surface area contributed by atoms with Crippen molar-refractivity contribution in [3.05, 3.63) is 29.8 Å². The van der Waals surface area contributed by atoms with E-state index < -0.39 is 11.4 Å². The molecule has 0 saturated heterocycles. The zero-order valence-corrected chi connectivity index (χ0v) is 8.32. The summed E-state index contributed by atoms with van der Waals surface area (Å²) in [5.74, 6) is -0.874. The fourth-order valence-corrected chi connectivity index (χ4v) is 1.40. The van der Waals surface area contributed by atoms with Gasteiger partial charge in [-0.05, 0) is 19.4 Å². The molecule has 0 bridgehead atoms. The normalized spacial score (nSPS) is 14.7. The highest BCUT2D eigenvalue weighted by Gasteiger charge is 2.35. The van der Waals surface area contributed by atoms with Crippen LogP contribution in [0.2, 0.25) is 0 Å². The van der Waals surface area contributed by atoms with Gasteiger partial charge in [-0.1, -0.05) is 25.1 Å². The summed E-state index contributed by atoms with van der Waals surface area (Å²) in [5.41, 5.74) is -0.541. The number of aromatic hydroxyl groups is 1. The van der Waals surface area contributed by atoms with Gasteiger partial charge in [-0.15, -0.1) is 0 Å². The van der Waals surface area contributed by atoms with E-state index in [4.69, 9.17) is 5.11 Å². The largest absolute Gasteiger partial charge is 0.508 e. The van der Waals surface area contributed by atoms with Crippen molar-refractivity contribution in [3.8, 4) is 5.75 Å². The number of rotatable bonds is 3. The molecule has 0 amide bonds. The van der Waals surface area contributed by atoms with Gasteiger partial charge in [0, 0.05) is 5.56 Å². The van der Waals surface area contributed by atoms with Crippen molar-refractivity contribution in [1.82, 2.24) is 0 Å². The SMILES string of the molecule is CCC(C)(C(=O)O)c1ccccc1O. The monoisotopic (exact) mass is 194 g/mol. The van der Waals surface area contributed by atoms with Crippen molar-refractivity contribution in [2.24, 2.45) is 0 Å². The second-order valence-electron chi connectivity index (χ2n) is 3.51. The topological polar surface area (TPSA) is 57.5 Å². The van der Waals surface area contributed by atoms with Gasteiger partial charge < -0.3 is 10.2 Å². The quantitative estimate of drug-likeness (QED) is 0.775. The first-order valence-corrected chi connectivity index (χ1v) is 4.54. The van der Waals surface area contributed by atoms with E-state index in [2.05, 4.69) is 0 Å². The lowest BCUT2D eigenvalue weighted by Gasteiger charge is -2.24. The van der Waals surface area contributed by atoms with E-state index in [0.717, 1.165) is 0 Å². The fraction of sp³-hybridized carbons (Fsp3) is 0.364. The molecule has 1 rings (SSSR count). The molecule has 3 heteroatoms. The van der Waals surface area contributed by atoms with Gasteiger partial charge in [0.1, 0.15) is 5.75 Å². The van der Waals surface area contributed by atoms with Crippen molar-refractivity contribution < 1.29 is 15.0 Å². The van der Waals surface area contributed by atoms with E-state index in [-0.39, 0.29) is 5.75 Å². The van der Waals surface area contributed by atoms with Crippen LogP contribution in [0.25, 0.3) is 0 Å². The summed E-state index contributed by atoms with van der Waals surface area (Å²) in [5, 5.41) is 18.7. The third-order valence-electron chi connectivity index (χ3n) is 2.68. The lowest BCUT2D eigenvalue weighted by atomic mass is 9.80. The second-order valence-corrected chi connectivity index (χ2v) is 3.51. The molecule has 3 nitrogen and oxygen atoms in total. The molecule has 0 heterocycles. The summed E-state index contributed by atoms with van der Waals surface area (Å²) in [6.45, 7) is 3.41. The van der Waals surface area contributed by atoms with Crippen molar-refractivity contribution in [3.63, 3.8) is 0 Å². The van der Waals surface area contributed by atoms with Gasteiger partial charge in [-0.25, -0.2) is 0 Å². The van der Waals surface area contributed by atoms with Gasteiger partial charge in [-0.3, -0.25) is 4.79 Å². The summed E-state index contributed by atoms with van der Waals surface area (Å²) < 4.78 is 0. The molecule has 0 aliphatic carbocycles. The van der Waals surface area contributed by atoms with Crippen LogP contribution >= 0.6 is 0 Å². The summed E-state index contributed by atoms with van der Waals surface area (Å²) in [7, 11) is 0. The molecule has 1 atom stereocenters. The van der Waals surface area contributed by atoms with E-state index in [0.29, 0.717) is 12.0 Å². The Balaban J connectivity index is 3.26. The highest BCUT2D eigenvalue weighted by molar-refractivity contribution is 5.81. The average molecular weight is 194 g/mol. The maximum absolute atomic E-state index is 11.1. The van der Waals surface area contributed by atoms with Gasteiger partial charge in [0.2, 0.25) is 0 Å². The maximum Gasteiger partial charge on any atom is 0.313 e. The Morgan fingerprint density at radius 1 is 1.43 bits per heavy atom. The fourth-order valence-electron chi connectivity index (χ4n) is 1.40. The minimum atomic E-state index is -1.01. The van der Waals surface area contributed by atoms with E-state index in [9.17, 15) is 9.90 Å². The van der Waals surface area contributed by atoms with Crippen LogP contribution in [-0.2, 0) is 10.2 Å². The second kappa shape index (κ2) is 3.70. The van der Waals surface area contributed by atoms with Crippen LogP contribution in [0.3, 0.4) is 0 Å². The minimum absolute atomic E-state index is 0.0410. The van der Waals surface area contributed by atoms with Crippen LogP contribution < -0.4 is 0 Å². The number of aliphatic carboxylic acids is 1. The van der Waals surface area contributed by atoms with Gasteiger partial charge in [0.25, 0.3) is 0 Å². The van der Waals surface area contributed by atoms with Crippen molar-refractivity contribution in [2.75, 3.05) is 0 Å². The minimum Gasteiger partial charge on any atom is -0.508 e. The Kier molecular flexibility index (Phi) is 2.79. The van der Waals surface area contributed by atoms with E-state index in [1.807, 2.05) is 0 Å². The molecule has 0 aliphatic heterocycles. The summed E-state index contributed by atoms with van der Waals surface area (Å²) in [4.78, 5) is 11.1. The lowest BCUT2D eigenvalue weighted by molar-refractivity contribution is -0.143. The van der Waals surface area contributed by atoms with E-state index >= 15 is 0 Å². The Morgan fingerprint density at radius 3 is 2.43 bits per heavy atom. The first-order valence-electron chi connectivity index (χ1n) is 4.54. The number of carboxylic acids is 1. The number of para-hydroxylation sites is 1. The average Bonchev–Trinajstić information content (AvgIpc) is 2.17. The molecule has 0 aromatic heterocycles. The predicted octanol–water partition coefficient (Wildman–Crippen LogP) is 2.14.